The van der Waals surface area contributed by atoms with Crippen LogP contribution in [0.25, 0.3) is 0 Å². The lowest BCUT2D eigenvalue weighted by Gasteiger charge is -2.35. The van der Waals surface area contributed by atoms with Gasteiger partial charge in [0.1, 0.15) is 5.75 Å². The monoisotopic (exact) mass is 413 g/mol. The van der Waals surface area contributed by atoms with Crippen molar-refractivity contribution in [2.24, 2.45) is 0 Å². The Hall–Kier alpha value is -2.18. The molecule has 1 aliphatic rings. The van der Waals surface area contributed by atoms with Crippen LogP contribution in [0.1, 0.15) is 11.1 Å². The number of ether oxygens (including phenoxy) is 1. The number of methoxy groups -OCH3 is 1. The summed E-state index contributed by atoms with van der Waals surface area (Å²) in [5.41, 5.74) is 3.83. The molecule has 2 aromatic carbocycles. The Morgan fingerprint density at radius 1 is 1.03 bits per heavy atom. The van der Waals surface area contributed by atoms with Gasteiger partial charge in [0.25, 0.3) is 0 Å². The molecule has 6 heteroatoms. The number of piperazine rings is 1. The topological polar surface area (TPSA) is 44.8 Å². The highest BCUT2D eigenvalue weighted by molar-refractivity contribution is 7.98. The molecule has 2 aromatic rings. The Balaban J connectivity index is 1.28. The number of anilines is 1. The molecule has 1 heterocycles. The summed E-state index contributed by atoms with van der Waals surface area (Å²) in [5, 5.41) is 3.05. The zero-order valence-electron chi connectivity index (χ0n) is 17.4. The van der Waals surface area contributed by atoms with Crippen LogP contribution in [0.2, 0.25) is 0 Å². The maximum Gasteiger partial charge on any atom is 0.234 e. The van der Waals surface area contributed by atoms with Crippen molar-refractivity contribution in [2.45, 2.75) is 12.7 Å². The van der Waals surface area contributed by atoms with Crippen LogP contribution < -0.4 is 15.0 Å². The minimum Gasteiger partial charge on any atom is -0.497 e. The van der Waals surface area contributed by atoms with Crippen LogP contribution in [-0.4, -0.2) is 62.9 Å². The van der Waals surface area contributed by atoms with Crippen molar-refractivity contribution in [3.63, 3.8) is 0 Å². The molecule has 29 heavy (non-hydrogen) atoms. The number of rotatable bonds is 9. The van der Waals surface area contributed by atoms with Crippen LogP contribution in [0.4, 0.5) is 5.69 Å². The van der Waals surface area contributed by atoms with E-state index in [4.69, 9.17) is 4.74 Å². The first-order chi connectivity index (χ1) is 14.1. The van der Waals surface area contributed by atoms with Crippen LogP contribution >= 0.6 is 11.8 Å². The molecule has 1 aliphatic heterocycles. The van der Waals surface area contributed by atoms with Crippen molar-refractivity contribution in [1.29, 1.82) is 0 Å². The van der Waals surface area contributed by atoms with Crippen molar-refractivity contribution in [1.82, 2.24) is 10.2 Å². The second kappa shape index (κ2) is 11.1. The van der Waals surface area contributed by atoms with Gasteiger partial charge in [-0.25, -0.2) is 0 Å². The second-order valence-corrected chi connectivity index (χ2v) is 8.45. The Kier molecular flexibility index (Phi) is 8.25. The van der Waals surface area contributed by atoms with Crippen molar-refractivity contribution in [3.8, 4) is 5.75 Å². The Bertz CT molecular complexity index is 757. The molecular formula is C23H31N3O2S. The normalized spacial score (nSPS) is 14.6. The third kappa shape index (κ3) is 6.98. The molecule has 3 rings (SSSR count). The lowest BCUT2D eigenvalue weighted by Crippen LogP contribution is -2.49. The minimum atomic E-state index is 0.124. The summed E-state index contributed by atoms with van der Waals surface area (Å²) in [7, 11) is 1.68. The molecule has 5 nitrogen and oxygen atoms in total. The molecule has 156 valence electrons. The highest BCUT2D eigenvalue weighted by Crippen LogP contribution is 2.20. The fourth-order valence-corrected chi connectivity index (χ4v) is 4.17. The summed E-state index contributed by atoms with van der Waals surface area (Å²) in [6, 6.07) is 16.8. The van der Waals surface area contributed by atoms with Gasteiger partial charge in [0.05, 0.1) is 13.7 Å². The van der Waals surface area contributed by atoms with Crippen molar-refractivity contribution < 1.29 is 9.53 Å². The average molecular weight is 414 g/mol. The number of thioether (sulfide) groups is 1. The standard InChI is InChI=1S/C23H31N3O2S/c1-19-3-5-20(6-4-19)18-29-16-11-24-23(27)17-25-12-14-26(15-13-25)21-7-9-22(28-2)10-8-21/h3-10H,11-18H2,1-2H3,(H,24,27). The number of aryl methyl sites for hydroxylation is 1. The van der Waals surface area contributed by atoms with Gasteiger partial charge in [0, 0.05) is 49.9 Å². The van der Waals surface area contributed by atoms with E-state index >= 15 is 0 Å². The van der Waals surface area contributed by atoms with E-state index in [-0.39, 0.29) is 5.91 Å². The molecule has 1 amide bonds. The van der Waals surface area contributed by atoms with Gasteiger partial charge in [-0.1, -0.05) is 29.8 Å². The van der Waals surface area contributed by atoms with Gasteiger partial charge in [-0.2, -0.15) is 11.8 Å². The summed E-state index contributed by atoms with van der Waals surface area (Å²) < 4.78 is 5.22. The molecule has 0 aliphatic carbocycles. The van der Waals surface area contributed by atoms with E-state index < -0.39 is 0 Å². The Labute approximate surface area is 178 Å². The van der Waals surface area contributed by atoms with Gasteiger partial charge in [-0.15, -0.1) is 0 Å². The number of amides is 1. The first kappa shape index (κ1) is 21.5. The highest BCUT2D eigenvalue weighted by atomic mass is 32.2. The fraction of sp³-hybridized carbons (Fsp3) is 0.435. The lowest BCUT2D eigenvalue weighted by atomic mass is 10.2. The number of carbonyl (C=O) groups is 1. The summed E-state index contributed by atoms with van der Waals surface area (Å²) in [4.78, 5) is 16.8. The Morgan fingerprint density at radius 2 is 1.72 bits per heavy atom. The molecule has 1 saturated heterocycles. The van der Waals surface area contributed by atoms with Gasteiger partial charge in [-0.05, 0) is 36.8 Å². The predicted molar refractivity (Wildman–Crippen MR) is 122 cm³/mol. The predicted octanol–water partition coefficient (Wildman–Crippen LogP) is 3.18. The van der Waals surface area contributed by atoms with Crippen molar-refractivity contribution >= 4 is 23.4 Å². The van der Waals surface area contributed by atoms with Crippen LogP contribution in [0, 0.1) is 6.92 Å². The van der Waals surface area contributed by atoms with Crippen LogP contribution in [0.5, 0.6) is 5.75 Å². The number of nitrogens with one attached hydrogen (secondary N) is 1. The zero-order valence-corrected chi connectivity index (χ0v) is 18.2. The van der Waals surface area contributed by atoms with E-state index in [9.17, 15) is 4.79 Å². The first-order valence-corrected chi connectivity index (χ1v) is 11.3. The first-order valence-electron chi connectivity index (χ1n) is 10.2. The fourth-order valence-electron chi connectivity index (χ4n) is 3.35. The van der Waals surface area contributed by atoms with Crippen molar-refractivity contribution in [3.05, 3.63) is 59.7 Å². The van der Waals surface area contributed by atoms with Gasteiger partial charge in [0.15, 0.2) is 0 Å². The summed E-state index contributed by atoms with van der Waals surface area (Å²) in [6.45, 7) is 6.99. The van der Waals surface area contributed by atoms with E-state index in [0.29, 0.717) is 6.54 Å². The molecule has 0 radical (unpaired) electrons. The quantitative estimate of drug-likeness (QED) is 0.640. The third-order valence-corrected chi connectivity index (χ3v) is 6.17. The molecular weight excluding hydrogens is 382 g/mol. The van der Waals surface area contributed by atoms with E-state index in [0.717, 1.165) is 50.0 Å². The lowest BCUT2D eigenvalue weighted by molar-refractivity contribution is -0.122. The number of benzene rings is 2. The van der Waals surface area contributed by atoms with Gasteiger partial charge < -0.3 is 15.0 Å². The molecule has 0 bridgehead atoms. The molecule has 1 N–H and O–H groups in total. The van der Waals surface area contributed by atoms with Crippen LogP contribution in [0.15, 0.2) is 48.5 Å². The van der Waals surface area contributed by atoms with Gasteiger partial charge >= 0.3 is 0 Å². The van der Waals surface area contributed by atoms with Crippen molar-refractivity contribution in [2.75, 3.05) is 57.0 Å². The highest BCUT2D eigenvalue weighted by Gasteiger charge is 2.19. The molecule has 0 saturated carbocycles. The van der Waals surface area contributed by atoms with Gasteiger partial charge in [0.2, 0.25) is 5.91 Å². The van der Waals surface area contributed by atoms with Gasteiger partial charge in [-0.3, -0.25) is 9.69 Å². The molecule has 1 fully saturated rings. The number of hydrogen-bond acceptors (Lipinski definition) is 5. The van der Waals surface area contributed by atoms with E-state index in [1.54, 1.807) is 7.11 Å². The Morgan fingerprint density at radius 3 is 2.38 bits per heavy atom. The minimum absolute atomic E-state index is 0.124. The van der Waals surface area contributed by atoms with E-state index in [1.165, 1.54) is 16.8 Å². The summed E-state index contributed by atoms with van der Waals surface area (Å²) >= 11 is 1.86. The van der Waals surface area contributed by atoms with E-state index in [2.05, 4.69) is 58.4 Å². The van der Waals surface area contributed by atoms with Crippen LogP contribution in [0.3, 0.4) is 0 Å². The molecule has 0 atom stereocenters. The maximum absolute atomic E-state index is 12.2. The third-order valence-electron chi connectivity index (χ3n) is 5.13. The largest absolute Gasteiger partial charge is 0.497 e. The summed E-state index contributed by atoms with van der Waals surface area (Å²) in [6.07, 6.45) is 0. The van der Waals surface area contributed by atoms with E-state index in [1.807, 2.05) is 23.9 Å². The van der Waals surface area contributed by atoms with Crippen LogP contribution in [-0.2, 0) is 10.5 Å². The molecule has 0 aromatic heterocycles. The maximum atomic E-state index is 12.2. The zero-order chi connectivity index (χ0) is 20.5. The molecule has 0 spiro atoms. The SMILES string of the molecule is COc1ccc(N2CCN(CC(=O)NCCSCc3ccc(C)cc3)CC2)cc1. The number of hydrogen-bond donors (Lipinski definition) is 1. The smallest absolute Gasteiger partial charge is 0.234 e. The molecule has 0 unspecified atom stereocenters. The second-order valence-electron chi connectivity index (χ2n) is 7.35. The average Bonchev–Trinajstić information content (AvgIpc) is 2.75. The number of carbonyl (C=O) groups excluding carboxylic acids is 1. The number of nitrogens with zero attached hydrogens (tertiary/aromatic N) is 2. The summed E-state index contributed by atoms with van der Waals surface area (Å²) in [5.74, 6) is 2.92.